The summed E-state index contributed by atoms with van der Waals surface area (Å²) < 4.78 is 10.3. The summed E-state index contributed by atoms with van der Waals surface area (Å²) in [7, 11) is 3.10. The van der Waals surface area contributed by atoms with Crippen LogP contribution in [0.3, 0.4) is 0 Å². The fraction of sp³-hybridized carbons (Fsp3) is 0.267. The van der Waals surface area contributed by atoms with Crippen LogP contribution in [0.2, 0.25) is 0 Å². The van der Waals surface area contributed by atoms with Crippen molar-refractivity contribution < 1.29 is 14.3 Å². The van der Waals surface area contributed by atoms with Crippen molar-refractivity contribution in [3.63, 3.8) is 0 Å². The number of ether oxygens (including phenoxy) is 2. The van der Waals surface area contributed by atoms with Crippen molar-refractivity contribution in [2.75, 3.05) is 14.2 Å². The molecule has 0 aliphatic heterocycles. The van der Waals surface area contributed by atoms with Crippen LogP contribution >= 0.6 is 0 Å². The summed E-state index contributed by atoms with van der Waals surface area (Å²) in [4.78, 5) is 23.3. The van der Waals surface area contributed by atoms with E-state index in [4.69, 9.17) is 9.47 Å². The molecule has 0 spiro atoms. The highest BCUT2D eigenvalue weighted by Gasteiger charge is 2.10. The number of methoxy groups -OCH3 is 2. The molecule has 0 aliphatic rings. The van der Waals surface area contributed by atoms with Gasteiger partial charge in [-0.2, -0.15) is 5.10 Å². The summed E-state index contributed by atoms with van der Waals surface area (Å²) in [6, 6.07) is 5.23. The monoisotopic (exact) mass is 318 g/mol. The van der Waals surface area contributed by atoms with Crippen LogP contribution in [0.15, 0.2) is 28.1 Å². The Balaban J connectivity index is 2.04. The van der Waals surface area contributed by atoms with Crippen LogP contribution in [0, 0.1) is 6.92 Å². The molecule has 2 rings (SSSR count). The first-order valence-corrected chi connectivity index (χ1v) is 6.85. The number of nitrogens with zero attached hydrogens (tertiary/aromatic N) is 1. The Hall–Kier alpha value is -3.03. The third-order valence-electron chi connectivity index (χ3n) is 3.26. The van der Waals surface area contributed by atoms with Crippen molar-refractivity contribution in [1.29, 1.82) is 0 Å². The van der Waals surface area contributed by atoms with E-state index in [-0.39, 0.29) is 12.0 Å². The topological polar surface area (TPSA) is 109 Å². The van der Waals surface area contributed by atoms with E-state index in [2.05, 4.69) is 20.7 Å². The summed E-state index contributed by atoms with van der Waals surface area (Å²) in [5, 5.41) is 8.97. The largest absolute Gasteiger partial charge is 0.497 e. The van der Waals surface area contributed by atoms with Gasteiger partial charge in [0.05, 0.1) is 26.9 Å². The Kier molecular flexibility index (Phi) is 5.19. The SMILES string of the molecule is COc1ccc(OC)c(/C=N\NC(=O)Cc2c(C)[nH][nH]c2=O)c1. The van der Waals surface area contributed by atoms with Crippen LogP contribution in [0.25, 0.3) is 0 Å². The molecule has 0 bridgehead atoms. The zero-order valence-electron chi connectivity index (χ0n) is 13.1. The zero-order valence-corrected chi connectivity index (χ0v) is 13.1. The van der Waals surface area contributed by atoms with E-state index in [0.717, 1.165) is 0 Å². The fourth-order valence-corrected chi connectivity index (χ4v) is 2.00. The number of carbonyl (C=O) groups is 1. The van der Waals surface area contributed by atoms with E-state index < -0.39 is 5.91 Å². The highest BCUT2D eigenvalue weighted by Crippen LogP contribution is 2.22. The number of aryl methyl sites for hydroxylation is 1. The van der Waals surface area contributed by atoms with E-state index in [9.17, 15) is 9.59 Å². The summed E-state index contributed by atoms with van der Waals surface area (Å²) in [6.07, 6.45) is 1.39. The number of hydrogen-bond donors (Lipinski definition) is 3. The molecular weight excluding hydrogens is 300 g/mol. The summed E-state index contributed by atoms with van der Waals surface area (Å²) >= 11 is 0. The maximum Gasteiger partial charge on any atom is 0.267 e. The number of hydrogen-bond acceptors (Lipinski definition) is 5. The molecule has 23 heavy (non-hydrogen) atoms. The van der Waals surface area contributed by atoms with Crippen molar-refractivity contribution >= 4 is 12.1 Å². The van der Waals surface area contributed by atoms with Gasteiger partial charge in [0.1, 0.15) is 11.5 Å². The third-order valence-corrected chi connectivity index (χ3v) is 3.26. The molecule has 0 atom stereocenters. The molecule has 0 saturated carbocycles. The first-order chi connectivity index (χ1) is 11.0. The number of H-pyrrole nitrogens is 2. The minimum atomic E-state index is -0.392. The molecule has 0 aliphatic carbocycles. The molecule has 0 radical (unpaired) electrons. The van der Waals surface area contributed by atoms with Crippen LogP contribution in [0.4, 0.5) is 0 Å². The Morgan fingerprint density at radius 1 is 1.30 bits per heavy atom. The van der Waals surface area contributed by atoms with Crippen molar-refractivity contribution in [3.8, 4) is 11.5 Å². The van der Waals surface area contributed by atoms with Gasteiger partial charge in [-0.15, -0.1) is 0 Å². The Morgan fingerprint density at radius 2 is 2.09 bits per heavy atom. The number of nitrogens with one attached hydrogen (secondary N) is 3. The van der Waals surface area contributed by atoms with Crippen molar-refractivity contribution in [1.82, 2.24) is 15.6 Å². The number of hydrazone groups is 1. The van der Waals surface area contributed by atoms with Gasteiger partial charge in [-0.1, -0.05) is 0 Å². The van der Waals surface area contributed by atoms with Gasteiger partial charge in [-0.25, -0.2) is 5.43 Å². The van der Waals surface area contributed by atoms with Gasteiger partial charge in [0.15, 0.2) is 0 Å². The van der Waals surface area contributed by atoms with E-state index in [1.165, 1.54) is 6.21 Å². The van der Waals surface area contributed by atoms with Crippen LogP contribution in [-0.4, -0.2) is 36.5 Å². The van der Waals surface area contributed by atoms with E-state index in [1.54, 1.807) is 39.3 Å². The number of benzene rings is 1. The highest BCUT2D eigenvalue weighted by atomic mass is 16.5. The molecule has 3 N–H and O–H groups in total. The van der Waals surface area contributed by atoms with Gasteiger partial charge in [0, 0.05) is 16.8 Å². The summed E-state index contributed by atoms with van der Waals surface area (Å²) in [5.41, 5.74) is 3.74. The smallest absolute Gasteiger partial charge is 0.267 e. The molecule has 0 saturated heterocycles. The number of carbonyl (C=O) groups excluding carboxylic acids is 1. The standard InChI is InChI=1S/C15H18N4O4/c1-9-12(15(21)19-17-9)7-14(20)18-16-8-10-6-11(22-2)4-5-13(10)23-3/h4-6,8H,7H2,1-3H3,(H,18,20)(H2,17,19,21)/b16-8-. The van der Waals surface area contributed by atoms with Gasteiger partial charge < -0.3 is 14.6 Å². The van der Waals surface area contributed by atoms with E-state index >= 15 is 0 Å². The molecule has 0 unspecified atom stereocenters. The number of amides is 1. The Bertz CT molecular complexity index is 776. The lowest BCUT2D eigenvalue weighted by Crippen LogP contribution is -2.23. The van der Waals surface area contributed by atoms with E-state index in [1.807, 2.05) is 0 Å². The van der Waals surface area contributed by atoms with Crippen molar-refractivity contribution in [2.24, 2.45) is 5.10 Å². The lowest BCUT2D eigenvalue weighted by molar-refractivity contribution is -0.120. The average molecular weight is 318 g/mol. The first-order valence-electron chi connectivity index (χ1n) is 6.85. The fourth-order valence-electron chi connectivity index (χ4n) is 2.00. The Morgan fingerprint density at radius 3 is 2.70 bits per heavy atom. The minimum absolute atomic E-state index is 0.0583. The van der Waals surface area contributed by atoms with Crippen molar-refractivity contribution in [3.05, 3.63) is 45.4 Å². The molecule has 1 amide bonds. The second-order valence-electron chi connectivity index (χ2n) is 4.76. The number of aromatic nitrogens is 2. The van der Waals surface area contributed by atoms with Gasteiger partial charge in [0.25, 0.3) is 5.56 Å². The second-order valence-corrected chi connectivity index (χ2v) is 4.76. The van der Waals surface area contributed by atoms with Crippen molar-refractivity contribution in [2.45, 2.75) is 13.3 Å². The maximum atomic E-state index is 11.8. The predicted molar refractivity (Wildman–Crippen MR) is 85.1 cm³/mol. The summed E-state index contributed by atoms with van der Waals surface area (Å²) in [6.45, 7) is 1.71. The molecular formula is C15H18N4O4. The lowest BCUT2D eigenvalue weighted by Gasteiger charge is -2.06. The van der Waals surface area contributed by atoms with Gasteiger partial charge in [-0.3, -0.25) is 14.7 Å². The predicted octanol–water partition coefficient (Wildman–Crippen LogP) is 0.721. The van der Waals surface area contributed by atoms with Crippen LogP contribution in [0.1, 0.15) is 16.8 Å². The summed E-state index contributed by atoms with van der Waals surface area (Å²) in [5.74, 6) is 0.853. The molecule has 8 heteroatoms. The van der Waals surface area contributed by atoms with Crippen LogP contribution in [-0.2, 0) is 11.2 Å². The third kappa shape index (κ3) is 4.00. The molecule has 0 fully saturated rings. The average Bonchev–Trinajstić information content (AvgIpc) is 2.86. The van der Waals surface area contributed by atoms with Gasteiger partial charge >= 0.3 is 0 Å². The first kappa shape index (κ1) is 16.3. The zero-order chi connectivity index (χ0) is 16.8. The molecule has 1 aromatic carbocycles. The van der Waals surface area contributed by atoms with Crippen LogP contribution in [0.5, 0.6) is 11.5 Å². The lowest BCUT2D eigenvalue weighted by atomic mass is 10.2. The molecule has 1 aromatic heterocycles. The quantitative estimate of drug-likeness (QED) is 0.538. The maximum absolute atomic E-state index is 11.8. The Labute approximate surface area is 132 Å². The number of aromatic amines is 2. The second kappa shape index (κ2) is 7.30. The van der Waals surface area contributed by atoms with Gasteiger partial charge in [-0.05, 0) is 25.1 Å². The number of rotatable bonds is 6. The normalized spacial score (nSPS) is 10.7. The molecule has 8 nitrogen and oxygen atoms in total. The minimum Gasteiger partial charge on any atom is -0.497 e. The molecule has 122 valence electrons. The molecule has 1 heterocycles. The van der Waals surface area contributed by atoms with Gasteiger partial charge in [0.2, 0.25) is 5.91 Å². The molecule has 2 aromatic rings. The van der Waals surface area contributed by atoms with Crippen LogP contribution < -0.4 is 20.5 Å². The highest BCUT2D eigenvalue weighted by molar-refractivity contribution is 5.86. The van der Waals surface area contributed by atoms with E-state index in [0.29, 0.717) is 28.3 Å².